The van der Waals surface area contributed by atoms with Gasteiger partial charge in [0.25, 0.3) is 0 Å². The van der Waals surface area contributed by atoms with Gasteiger partial charge in [-0.3, -0.25) is 4.79 Å². The van der Waals surface area contributed by atoms with Gasteiger partial charge >= 0.3 is 23.1 Å². The number of benzene rings is 1. The lowest BCUT2D eigenvalue weighted by molar-refractivity contribution is -0.240. The number of para-hydroxylation sites is 1. The Balaban J connectivity index is 1.50. The van der Waals surface area contributed by atoms with Gasteiger partial charge < -0.3 is 43.7 Å². The zero-order chi connectivity index (χ0) is 28.8. The summed E-state index contributed by atoms with van der Waals surface area (Å²) in [4.78, 5) is 39.9. The van der Waals surface area contributed by atoms with Crippen molar-refractivity contribution < 1.29 is 58.1 Å². The number of hydrogen-bond donors (Lipinski definition) is 3. The van der Waals surface area contributed by atoms with Crippen LogP contribution in [-0.4, -0.2) is 86.5 Å². The third-order valence-corrected chi connectivity index (χ3v) is 10.3. The number of carbonyl (C=O) groups excluding carboxylic acids is 3. The highest BCUT2D eigenvalue weighted by Crippen LogP contribution is 2.85. The molecule has 0 aromatic heterocycles. The lowest BCUT2D eigenvalue weighted by atomic mass is 9.51. The van der Waals surface area contributed by atoms with Gasteiger partial charge in [0, 0.05) is 18.1 Å². The molecule has 7 rings (SSSR count). The normalized spacial score (nSPS) is 49.5. The summed E-state index contributed by atoms with van der Waals surface area (Å²) >= 11 is 5.42. The largest absolute Gasteiger partial charge is 0.456 e. The van der Waals surface area contributed by atoms with Crippen LogP contribution < -0.4 is 4.74 Å². The second-order valence-electron chi connectivity index (χ2n) is 12.5. The maximum absolute atomic E-state index is 14.0. The molecule has 4 saturated heterocycles. The van der Waals surface area contributed by atoms with Gasteiger partial charge in [-0.15, -0.1) is 0 Å². The lowest BCUT2D eigenvalue weighted by Crippen LogP contribution is -2.67. The predicted octanol–water partition coefficient (Wildman–Crippen LogP) is -0.0105. The fourth-order valence-corrected chi connectivity index (χ4v) is 9.30. The molecule has 2 aliphatic carbocycles. The predicted molar refractivity (Wildman–Crippen MR) is 132 cm³/mol. The number of ether oxygens (including phenoxy) is 6. The van der Waals surface area contributed by atoms with Gasteiger partial charge in [0.05, 0.1) is 17.4 Å². The van der Waals surface area contributed by atoms with Crippen LogP contribution in [0.25, 0.3) is 0 Å². The number of aliphatic hydroxyl groups excluding tert-OH is 2. The van der Waals surface area contributed by atoms with Crippen molar-refractivity contribution in [2.75, 3.05) is 0 Å². The maximum atomic E-state index is 14.0. The average Bonchev–Trinajstić information content (AvgIpc) is 3.57. The number of thiocarbonyl (C=S) groups is 1. The van der Waals surface area contributed by atoms with Crippen molar-refractivity contribution in [3.8, 4) is 5.75 Å². The third-order valence-electron chi connectivity index (χ3n) is 10.1. The van der Waals surface area contributed by atoms with Gasteiger partial charge in [-0.2, -0.15) is 0 Å². The topological polar surface area (TPSA) is 167 Å². The van der Waals surface area contributed by atoms with Crippen LogP contribution in [-0.2, 0) is 38.1 Å². The van der Waals surface area contributed by atoms with Crippen LogP contribution in [0.3, 0.4) is 0 Å². The molecule has 3 N–H and O–H groups in total. The third kappa shape index (κ3) is 2.38. The molecule has 4 heterocycles. The van der Waals surface area contributed by atoms with Gasteiger partial charge in [0.2, 0.25) is 11.9 Å². The molecule has 0 radical (unpaired) electrons. The standard InChI is InChI=1S/C27H28O12S/c1-10-18(30)35-17-16(37-22(40)34-11-8-6-5-7-9-11)25-15-12(28)13(23(2,3)4)24(25)14(29)19(31)38-21(24)39-27(25,20(32)36-15)26(10,17)33/h5-10,12-17,21,28-29,33H,1-4H3/t10-,12-,13?,14+,15?,16+,17?,21-,24?,25?,26-,27-/m1/s1. The van der Waals surface area contributed by atoms with E-state index in [-0.39, 0.29) is 0 Å². The summed E-state index contributed by atoms with van der Waals surface area (Å²) in [5.41, 5.74) is -9.60. The molecule has 4 aliphatic heterocycles. The highest BCUT2D eigenvalue weighted by molar-refractivity contribution is 7.79. The molecule has 1 aromatic rings. The molecule has 12 nitrogen and oxygen atoms in total. The van der Waals surface area contributed by atoms with Crippen molar-refractivity contribution in [1.29, 1.82) is 0 Å². The van der Waals surface area contributed by atoms with E-state index in [0.29, 0.717) is 5.75 Å². The Morgan fingerprint density at radius 3 is 2.33 bits per heavy atom. The summed E-state index contributed by atoms with van der Waals surface area (Å²) in [6, 6.07) is 8.41. The second kappa shape index (κ2) is 7.51. The van der Waals surface area contributed by atoms with Crippen LogP contribution in [0.1, 0.15) is 27.7 Å². The molecule has 0 bridgehead atoms. The minimum absolute atomic E-state index is 0.314. The molecule has 6 fully saturated rings. The summed E-state index contributed by atoms with van der Waals surface area (Å²) in [5.74, 6) is -4.99. The van der Waals surface area contributed by atoms with Crippen molar-refractivity contribution >= 4 is 35.4 Å². The molecule has 214 valence electrons. The van der Waals surface area contributed by atoms with Crippen molar-refractivity contribution in [1.82, 2.24) is 0 Å². The maximum Gasteiger partial charge on any atom is 0.358 e. The first-order valence-corrected chi connectivity index (χ1v) is 13.4. The van der Waals surface area contributed by atoms with Crippen LogP contribution in [0.5, 0.6) is 5.75 Å². The fraction of sp³-hybridized carbons (Fsp3) is 0.630. The van der Waals surface area contributed by atoms with Crippen molar-refractivity contribution in [3.63, 3.8) is 0 Å². The fourth-order valence-electron chi connectivity index (χ4n) is 9.10. The Morgan fingerprint density at radius 1 is 1.00 bits per heavy atom. The minimum Gasteiger partial charge on any atom is -0.456 e. The molecular weight excluding hydrogens is 548 g/mol. The molecular formula is C27H28O12S. The second-order valence-corrected chi connectivity index (χ2v) is 12.9. The summed E-state index contributed by atoms with van der Waals surface area (Å²) in [7, 11) is 0. The zero-order valence-corrected chi connectivity index (χ0v) is 22.7. The molecule has 1 aromatic carbocycles. The van der Waals surface area contributed by atoms with E-state index in [9.17, 15) is 29.7 Å². The van der Waals surface area contributed by atoms with Crippen molar-refractivity contribution in [3.05, 3.63) is 30.3 Å². The zero-order valence-electron chi connectivity index (χ0n) is 21.9. The summed E-state index contributed by atoms with van der Waals surface area (Å²) in [6.07, 6.45) is -9.62. The van der Waals surface area contributed by atoms with Gasteiger partial charge in [-0.05, 0) is 24.5 Å². The molecule has 12 atom stereocenters. The van der Waals surface area contributed by atoms with E-state index in [4.69, 9.17) is 40.6 Å². The Morgan fingerprint density at radius 2 is 1.68 bits per heavy atom. The summed E-state index contributed by atoms with van der Waals surface area (Å²) < 4.78 is 35.2. The average molecular weight is 577 g/mol. The number of esters is 3. The van der Waals surface area contributed by atoms with Gasteiger partial charge in [0.1, 0.15) is 17.3 Å². The van der Waals surface area contributed by atoms with Gasteiger partial charge in [-0.1, -0.05) is 39.0 Å². The Labute approximate surface area is 233 Å². The van der Waals surface area contributed by atoms with Crippen LogP contribution in [0.15, 0.2) is 30.3 Å². The summed E-state index contributed by atoms with van der Waals surface area (Å²) in [5, 5.41) is 35.5. The molecule has 5 unspecified atom stereocenters. The quantitative estimate of drug-likeness (QED) is 0.245. The van der Waals surface area contributed by atoms with Crippen molar-refractivity contribution in [2.24, 2.45) is 28.1 Å². The number of hydrogen-bond acceptors (Lipinski definition) is 13. The number of fused-ring (bicyclic) bond motifs is 1. The molecule has 6 aliphatic rings. The number of carbonyl (C=O) groups is 3. The highest BCUT2D eigenvalue weighted by Gasteiger charge is 3.06. The molecule has 2 spiro atoms. The minimum atomic E-state index is -2.44. The van der Waals surface area contributed by atoms with Crippen LogP contribution >= 0.6 is 12.2 Å². The lowest BCUT2D eigenvalue weighted by Gasteiger charge is -2.47. The van der Waals surface area contributed by atoms with E-state index in [1.54, 1.807) is 51.1 Å². The van der Waals surface area contributed by atoms with Gasteiger partial charge in [0.15, 0.2) is 23.9 Å². The van der Waals surface area contributed by atoms with Crippen LogP contribution in [0.4, 0.5) is 0 Å². The molecule has 2 saturated carbocycles. The van der Waals surface area contributed by atoms with Gasteiger partial charge in [-0.25, -0.2) is 9.59 Å². The number of aliphatic hydroxyl groups is 3. The van der Waals surface area contributed by atoms with E-state index in [1.807, 2.05) is 0 Å². The Kier molecular flexibility index (Phi) is 4.90. The summed E-state index contributed by atoms with van der Waals surface area (Å²) in [6.45, 7) is 6.72. The van der Waals surface area contributed by atoms with E-state index >= 15 is 0 Å². The van der Waals surface area contributed by atoms with Crippen molar-refractivity contribution in [2.45, 2.75) is 75.7 Å². The first-order valence-electron chi connectivity index (χ1n) is 13.0. The number of rotatable bonds is 2. The van der Waals surface area contributed by atoms with E-state index in [0.717, 1.165) is 0 Å². The van der Waals surface area contributed by atoms with E-state index in [1.165, 1.54) is 6.92 Å². The first kappa shape index (κ1) is 26.1. The smallest absolute Gasteiger partial charge is 0.358 e. The Bertz CT molecular complexity index is 1360. The van der Waals surface area contributed by atoms with Crippen LogP contribution in [0, 0.1) is 28.1 Å². The molecule has 40 heavy (non-hydrogen) atoms. The monoisotopic (exact) mass is 576 g/mol. The first-order chi connectivity index (χ1) is 18.7. The molecule has 0 amide bonds. The SMILES string of the molecule is C[C@@H]1C(=O)OC2[C@H](OC(=S)Oc3ccccc3)C34C5OC(=O)[C@]3(O[C@H]3OC(=O)[C@H](O)C34C(C(C)(C)C)[C@H]5O)[C@]21O. The highest BCUT2D eigenvalue weighted by atomic mass is 32.1. The van der Waals surface area contributed by atoms with E-state index in [2.05, 4.69) is 0 Å². The molecule has 13 heteroatoms. The Hall–Kier alpha value is -2.84. The van der Waals surface area contributed by atoms with E-state index < -0.39 is 99.2 Å². The van der Waals surface area contributed by atoms with Crippen LogP contribution in [0.2, 0.25) is 0 Å².